The SMILES string of the molecule is O=C(CNCC1CCSC1)N1CCCCCC1. The van der Waals surface area contributed by atoms with Gasteiger partial charge in [0.15, 0.2) is 0 Å². The van der Waals surface area contributed by atoms with Gasteiger partial charge in [0.25, 0.3) is 0 Å². The molecule has 0 radical (unpaired) electrons. The molecule has 98 valence electrons. The molecular weight excluding hydrogens is 232 g/mol. The summed E-state index contributed by atoms with van der Waals surface area (Å²) < 4.78 is 0. The van der Waals surface area contributed by atoms with Gasteiger partial charge in [-0.05, 0) is 43.2 Å². The minimum Gasteiger partial charge on any atom is -0.342 e. The summed E-state index contributed by atoms with van der Waals surface area (Å²) in [4.78, 5) is 14.0. The van der Waals surface area contributed by atoms with Crippen molar-refractivity contribution in [2.45, 2.75) is 32.1 Å². The summed E-state index contributed by atoms with van der Waals surface area (Å²) in [6, 6.07) is 0. The van der Waals surface area contributed by atoms with Crippen molar-refractivity contribution in [1.82, 2.24) is 10.2 Å². The summed E-state index contributed by atoms with van der Waals surface area (Å²) >= 11 is 2.04. The second-order valence-electron chi connectivity index (χ2n) is 5.16. The van der Waals surface area contributed by atoms with E-state index >= 15 is 0 Å². The predicted octanol–water partition coefficient (Wildman–Crippen LogP) is 1.73. The van der Waals surface area contributed by atoms with E-state index in [2.05, 4.69) is 5.32 Å². The number of carbonyl (C=O) groups is 1. The fourth-order valence-corrected chi connectivity index (χ4v) is 3.84. The Morgan fingerprint density at radius 2 is 2.00 bits per heavy atom. The van der Waals surface area contributed by atoms with Crippen molar-refractivity contribution in [1.29, 1.82) is 0 Å². The summed E-state index contributed by atoms with van der Waals surface area (Å²) in [5.74, 6) is 3.66. The largest absolute Gasteiger partial charge is 0.342 e. The van der Waals surface area contributed by atoms with Crippen molar-refractivity contribution in [3.63, 3.8) is 0 Å². The lowest BCUT2D eigenvalue weighted by Gasteiger charge is -2.21. The molecule has 3 nitrogen and oxygen atoms in total. The molecule has 17 heavy (non-hydrogen) atoms. The van der Waals surface area contributed by atoms with E-state index in [4.69, 9.17) is 0 Å². The average Bonchev–Trinajstić information content (AvgIpc) is 2.69. The lowest BCUT2D eigenvalue weighted by molar-refractivity contribution is -0.130. The molecule has 1 unspecified atom stereocenters. The number of rotatable bonds is 4. The molecule has 2 saturated heterocycles. The highest BCUT2D eigenvalue weighted by Crippen LogP contribution is 2.22. The van der Waals surface area contributed by atoms with Crippen molar-refractivity contribution in [2.75, 3.05) is 37.7 Å². The zero-order chi connectivity index (χ0) is 11.9. The summed E-state index contributed by atoms with van der Waals surface area (Å²) in [5, 5.41) is 3.34. The summed E-state index contributed by atoms with van der Waals surface area (Å²) in [6.07, 6.45) is 6.26. The lowest BCUT2D eigenvalue weighted by Crippen LogP contribution is -2.40. The second-order valence-corrected chi connectivity index (χ2v) is 6.31. The van der Waals surface area contributed by atoms with Crippen molar-refractivity contribution in [2.24, 2.45) is 5.92 Å². The number of hydrogen-bond donors (Lipinski definition) is 1. The van der Waals surface area contributed by atoms with Gasteiger partial charge < -0.3 is 10.2 Å². The van der Waals surface area contributed by atoms with Crippen molar-refractivity contribution in [3.05, 3.63) is 0 Å². The minimum atomic E-state index is 0.303. The van der Waals surface area contributed by atoms with Gasteiger partial charge in [-0.25, -0.2) is 0 Å². The van der Waals surface area contributed by atoms with Crippen LogP contribution in [0.5, 0.6) is 0 Å². The van der Waals surface area contributed by atoms with Gasteiger partial charge in [-0.3, -0.25) is 4.79 Å². The van der Waals surface area contributed by atoms with Gasteiger partial charge >= 0.3 is 0 Å². The Kier molecular flexibility index (Phi) is 5.65. The van der Waals surface area contributed by atoms with Gasteiger partial charge in [-0.2, -0.15) is 11.8 Å². The molecule has 0 aromatic carbocycles. The predicted molar refractivity (Wildman–Crippen MR) is 73.3 cm³/mol. The Morgan fingerprint density at radius 1 is 1.24 bits per heavy atom. The topological polar surface area (TPSA) is 32.3 Å². The van der Waals surface area contributed by atoms with Crippen LogP contribution in [0.1, 0.15) is 32.1 Å². The summed E-state index contributed by atoms with van der Waals surface area (Å²) in [6.45, 7) is 3.51. The lowest BCUT2D eigenvalue weighted by atomic mass is 10.1. The number of likely N-dealkylation sites (tertiary alicyclic amines) is 1. The van der Waals surface area contributed by atoms with Gasteiger partial charge in [0.1, 0.15) is 0 Å². The maximum absolute atomic E-state index is 12.0. The molecule has 4 heteroatoms. The van der Waals surface area contributed by atoms with Crippen LogP contribution in [0.4, 0.5) is 0 Å². The maximum atomic E-state index is 12.0. The molecule has 0 spiro atoms. The number of nitrogens with one attached hydrogen (secondary N) is 1. The molecule has 0 aliphatic carbocycles. The molecule has 2 aliphatic heterocycles. The molecule has 1 atom stereocenters. The van der Waals surface area contributed by atoms with Crippen LogP contribution in [0.3, 0.4) is 0 Å². The van der Waals surface area contributed by atoms with E-state index in [1.165, 1.54) is 43.6 Å². The molecule has 1 N–H and O–H groups in total. The normalized spacial score (nSPS) is 25.9. The molecule has 2 heterocycles. The van der Waals surface area contributed by atoms with Crippen molar-refractivity contribution in [3.8, 4) is 0 Å². The number of carbonyl (C=O) groups excluding carboxylic acids is 1. The Bertz CT molecular complexity index is 234. The molecule has 2 aliphatic rings. The van der Waals surface area contributed by atoms with E-state index < -0.39 is 0 Å². The smallest absolute Gasteiger partial charge is 0.236 e. The van der Waals surface area contributed by atoms with E-state index in [9.17, 15) is 4.79 Å². The Morgan fingerprint density at radius 3 is 2.65 bits per heavy atom. The van der Waals surface area contributed by atoms with E-state index in [0.29, 0.717) is 12.5 Å². The third kappa shape index (κ3) is 4.51. The quantitative estimate of drug-likeness (QED) is 0.831. The molecule has 0 bridgehead atoms. The van der Waals surface area contributed by atoms with Crippen LogP contribution in [0, 0.1) is 5.92 Å². The molecule has 2 fully saturated rings. The molecular formula is C13H24N2OS. The van der Waals surface area contributed by atoms with Crippen molar-refractivity contribution < 1.29 is 4.79 Å². The molecule has 2 rings (SSSR count). The third-order valence-corrected chi connectivity index (χ3v) is 4.92. The fraction of sp³-hybridized carbons (Fsp3) is 0.923. The summed E-state index contributed by atoms with van der Waals surface area (Å²) in [7, 11) is 0. The monoisotopic (exact) mass is 256 g/mol. The van der Waals surface area contributed by atoms with Gasteiger partial charge in [-0.15, -0.1) is 0 Å². The molecule has 1 amide bonds. The van der Waals surface area contributed by atoms with Crippen LogP contribution in [0.15, 0.2) is 0 Å². The number of thioether (sulfide) groups is 1. The van der Waals surface area contributed by atoms with E-state index in [1.807, 2.05) is 16.7 Å². The highest BCUT2D eigenvalue weighted by Gasteiger charge is 2.17. The third-order valence-electron chi connectivity index (χ3n) is 3.69. The van der Waals surface area contributed by atoms with E-state index in [1.54, 1.807) is 0 Å². The van der Waals surface area contributed by atoms with Crippen LogP contribution in [0.25, 0.3) is 0 Å². The van der Waals surface area contributed by atoms with E-state index in [-0.39, 0.29) is 0 Å². The van der Waals surface area contributed by atoms with Crippen LogP contribution < -0.4 is 5.32 Å². The first-order chi connectivity index (χ1) is 8.36. The molecule has 0 saturated carbocycles. The highest BCUT2D eigenvalue weighted by molar-refractivity contribution is 7.99. The minimum absolute atomic E-state index is 0.303. The first-order valence-electron chi connectivity index (χ1n) is 6.92. The van der Waals surface area contributed by atoms with Crippen LogP contribution >= 0.6 is 11.8 Å². The summed E-state index contributed by atoms with van der Waals surface area (Å²) in [5.41, 5.74) is 0. The Balaban J connectivity index is 1.61. The Labute approximate surface area is 109 Å². The first kappa shape index (κ1) is 13.2. The van der Waals surface area contributed by atoms with Gasteiger partial charge in [0.2, 0.25) is 5.91 Å². The van der Waals surface area contributed by atoms with Crippen LogP contribution in [-0.2, 0) is 4.79 Å². The molecule has 0 aromatic rings. The van der Waals surface area contributed by atoms with Gasteiger partial charge in [-0.1, -0.05) is 12.8 Å². The van der Waals surface area contributed by atoms with Crippen LogP contribution in [-0.4, -0.2) is 48.5 Å². The first-order valence-corrected chi connectivity index (χ1v) is 8.08. The van der Waals surface area contributed by atoms with Gasteiger partial charge in [0.05, 0.1) is 6.54 Å². The van der Waals surface area contributed by atoms with Crippen molar-refractivity contribution >= 4 is 17.7 Å². The number of nitrogens with zero attached hydrogens (tertiary/aromatic N) is 1. The van der Waals surface area contributed by atoms with Crippen LogP contribution in [0.2, 0.25) is 0 Å². The maximum Gasteiger partial charge on any atom is 0.236 e. The number of hydrogen-bond acceptors (Lipinski definition) is 3. The zero-order valence-electron chi connectivity index (χ0n) is 10.6. The number of amides is 1. The standard InChI is InChI=1S/C13H24N2OS/c16-13(15-6-3-1-2-4-7-15)10-14-9-12-5-8-17-11-12/h12,14H,1-11H2. The highest BCUT2D eigenvalue weighted by atomic mass is 32.2. The zero-order valence-corrected chi connectivity index (χ0v) is 11.4. The molecule has 0 aromatic heterocycles. The fourth-order valence-electron chi connectivity index (χ4n) is 2.56. The Hall–Kier alpha value is -0.220. The van der Waals surface area contributed by atoms with Gasteiger partial charge in [0, 0.05) is 13.1 Å². The second kappa shape index (κ2) is 7.27. The average molecular weight is 256 g/mol. The van der Waals surface area contributed by atoms with E-state index in [0.717, 1.165) is 25.6 Å².